The van der Waals surface area contributed by atoms with Crippen LogP contribution in [0.4, 0.5) is 65.9 Å². The number of hydrogen-bond acceptors (Lipinski definition) is 2. The van der Waals surface area contributed by atoms with Gasteiger partial charge < -0.3 is 4.74 Å². The zero-order valence-corrected chi connectivity index (χ0v) is 15.4. The number of esters is 1. The van der Waals surface area contributed by atoms with Crippen LogP contribution < -0.4 is 0 Å². The van der Waals surface area contributed by atoms with Gasteiger partial charge in [0.1, 0.15) is 0 Å². The molecule has 0 saturated heterocycles. The summed E-state index contributed by atoms with van der Waals surface area (Å²) in [4.78, 5) is 11.3. The summed E-state index contributed by atoms with van der Waals surface area (Å²) in [5.74, 6) is -49.3. The van der Waals surface area contributed by atoms with Crippen LogP contribution in [0.15, 0.2) is 0 Å². The number of carbonyl (C=O) groups is 1. The Kier molecular flexibility index (Phi) is 4.23. The minimum atomic E-state index is -7.91. The second-order valence-electron chi connectivity index (χ2n) is 7.01. The SMILES string of the molecule is O=C(CCBr)OC1(F)C2(F)C(F)(F)C3(F)C(F)(F)C(F)(C2(F)F)C(F)(F)C1(F)C3(F)F. The molecule has 4 rings (SSSR count). The van der Waals surface area contributed by atoms with E-state index in [1.54, 1.807) is 0 Å². The first kappa shape index (κ1) is 24.5. The Balaban J connectivity index is 2.60. The van der Waals surface area contributed by atoms with E-state index in [-0.39, 0.29) is 0 Å². The average Bonchev–Trinajstić information content (AvgIpc) is 2.60. The molecule has 0 aromatic rings. The van der Waals surface area contributed by atoms with Crippen molar-refractivity contribution in [1.82, 2.24) is 0 Å². The highest BCUT2D eigenvalue weighted by atomic mass is 79.9. The smallest absolute Gasteiger partial charge is 0.342 e. The summed E-state index contributed by atoms with van der Waals surface area (Å²) in [6.45, 7) is 0. The molecule has 4 aliphatic carbocycles. The van der Waals surface area contributed by atoms with Crippen molar-refractivity contribution in [3.8, 4) is 0 Å². The monoisotopic (exact) mass is 556 g/mol. The molecule has 0 amide bonds. The van der Waals surface area contributed by atoms with Crippen molar-refractivity contribution in [2.75, 3.05) is 5.33 Å². The van der Waals surface area contributed by atoms with Gasteiger partial charge in [-0.1, -0.05) is 15.9 Å². The molecule has 0 aromatic heterocycles. The standard InChI is InChI=1S/C13H4BrF15O2/c14-2-1-3(30)31-13(29)6(17)9(21,22)4(15)8(19,20)5(16,11(6,25)26)12(27,28)7(13,18)10(4,23)24/h1-2H2. The van der Waals surface area contributed by atoms with E-state index >= 15 is 4.39 Å². The fourth-order valence-corrected chi connectivity index (χ4v) is 4.56. The van der Waals surface area contributed by atoms with Gasteiger partial charge in [0.25, 0.3) is 0 Å². The molecule has 0 aromatic carbocycles. The molecule has 0 unspecified atom stereocenters. The number of rotatable bonds is 3. The normalized spacial score (nSPS) is 49.7. The third-order valence-corrected chi connectivity index (χ3v) is 6.16. The van der Waals surface area contributed by atoms with Crippen LogP contribution in [0.1, 0.15) is 6.42 Å². The van der Waals surface area contributed by atoms with Crippen molar-refractivity contribution in [2.45, 2.75) is 64.6 Å². The van der Waals surface area contributed by atoms with Crippen LogP contribution in [0.25, 0.3) is 0 Å². The van der Waals surface area contributed by atoms with Crippen LogP contribution in [0.2, 0.25) is 0 Å². The van der Waals surface area contributed by atoms with Gasteiger partial charge in [-0.2, -0.15) is 48.3 Å². The first-order chi connectivity index (χ1) is 13.5. The maximum absolute atomic E-state index is 15.1. The fraction of sp³-hybridized carbons (Fsp3) is 0.923. The van der Waals surface area contributed by atoms with E-state index in [0.717, 1.165) is 0 Å². The summed E-state index contributed by atoms with van der Waals surface area (Å²) in [5, 5.41) is -0.793. The van der Waals surface area contributed by atoms with Crippen LogP contribution in [-0.4, -0.2) is 69.4 Å². The minimum Gasteiger partial charge on any atom is -0.420 e. The first-order valence-corrected chi connectivity index (χ1v) is 8.69. The van der Waals surface area contributed by atoms with Crippen LogP contribution >= 0.6 is 15.9 Å². The predicted molar refractivity (Wildman–Crippen MR) is 68.4 cm³/mol. The molecular weight excluding hydrogens is 553 g/mol. The summed E-state index contributed by atoms with van der Waals surface area (Å²) in [5.41, 5.74) is -30.9. The van der Waals surface area contributed by atoms with Gasteiger partial charge in [0.05, 0.1) is 6.42 Å². The maximum atomic E-state index is 15.1. The Hall–Kier alpha value is -1.10. The molecule has 0 atom stereocenters. The third-order valence-electron chi connectivity index (χ3n) is 5.77. The lowest BCUT2D eigenvalue weighted by Crippen LogP contribution is -3.09. The molecule has 0 aliphatic heterocycles. The van der Waals surface area contributed by atoms with Crippen molar-refractivity contribution < 1.29 is 75.4 Å². The van der Waals surface area contributed by atoms with Gasteiger partial charge in [-0.3, -0.25) is 4.79 Å². The second-order valence-corrected chi connectivity index (χ2v) is 7.81. The molecule has 0 radical (unpaired) electrons. The molecule has 0 spiro atoms. The van der Waals surface area contributed by atoms with Gasteiger partial charge in [-0.25, -0.2) is 17.6 Å². The molecule has 18 heteroatoms. The van der Waals surface area contributed by atoms with Gasteiger partial charge >= 0.3 is 64.1 Å². The van der Waals surface area contributed by atoms with Crippen molar-refractivity contribution >= 4 is 21.9 Å². The molecule has 0 N–H and O–H groups in total. The highest BCUT2D eigenvalue weighted by Crippen LogP contribution is 2.88. The lowest BCUT2D eigenvalue weighted by Gasteiger charge is -2.73. The summed E-state index contributed by atoms with van der Waals surface area (Å²) >= 11 is 2.34. The third kappa shape index (κ3) is 1.58. The molecule has 4 saturated carbocycles. The van der Waals surface area contributed by atoms with E-state index in [9.17, 15) is 66.3 Å². The Bertz CT molecular complexity index is 768. The molecule has 4 aliphatic rings. The molecule has 4 bridgehead atoms. The van der Waals surface area contributed by atoms with E-state index in [1.807, 2.05) is 0 Å². The molecule has 31 heavy (non-hydrogen) atoms. The second kappa shape index (κ2) is 5.34. The van der Waals surface area contributed by atoms with E-state index in [0.29, 0.717) is 0 Å². The summed E-state index contributed by atoms with van der Waals surface area (Å²) in [6.07, 6.45) is -1.48. The van der Waals surface area contributed by atoms with Gasteiger partial charge in [0.2, 0.25) is 0 Å². The van der Waals surface area contributed by atoms with Gasteiger partial charge in [0.15, 0.2) is 0 Å². The quantitative estimate of drug-likeness (QED) is 0.277. The largest absolute Gasteiger partial charge is 0.420 e. The van der Waals surface area contributed by atoms with E-state index in [4.69, 9.17) is 0 Å². The molecule has 4 fully saturated rings. The fourth-order valence-electron chi connectivity index (χ4n) is 4.23. The maximum Gasteiger partial charge on any atom is 0.342 e. The summed E-state index contributed by atoms with van der Waals surface area (Å²) in [7, 11) is 0. The number of ether oxygens (including phenoxy) is 1. The summed E-state index contributed by atoms with van der Waals surface area (Å²) < 4.78 is 219. The van der Waals surface area contributed by atoms with Gasteiger partial charge in [-0.15, -0.1) is 0 Å². The van der Waals surface area contributed by atoms with E-state index in [2.05, 4.69) is 20.7 Å². The molecule has 180 valence electrons. The summed E-state index contributed by atoms with van der Waals surface area (Å²) in [6, 6.07) is 0. The zero-order chi connectivity index (χ0) is 24.7. The van der Waals surface area contributed by atoms with Crippen molar-refractivity contribution in [2.24, 2.45) is 0 Å². The van der Waals surface area contributed by atoms with Crippen LogP contribution in [0.3, 0.4) is 0 Å². The highest BCUT2D eigenvalue weighted by molar-refractivity contribution is 9.09. The molecular formula is C13H4BrF15O2. The van der Waals surface area contributed by atoms with Crippen molar-refractivity contribution in [1.29, 1.82) is 0 Å². The predicted octanol–water partition coefficient (Wildman–Crippen LogP) is 5.03. The zero-order valence-electron chi connectivity index (χ0n) is 13.8. The van der Waals surface area contributed by atoms with Crippen LogP contribution in [0, 0.1) is 0 Å². The van der Waals surface area contributed by atoms with Crippen LogP contribution in [0.5, 0.6) is 0 Å². The highest BCUT2D eigenvalue weighted by Gasteiger charge is 3.24. The number of halogens is 16. The Morgan fingerprint density at radius 2 is 0.806 bits per heavy atom. The lowest BCUT2D eigenvalue weighted by atomic mass is 9.40. The molecule has 0 heterocycles. The average molecular weight is 557 g/mol. The van der Waals surface area contributed by atoms with Crippen LogP contribution in [-0.2, 0) is 9.53 Å². The Labute approximate surface area is 168 Å². The number of alkyl halides is 16. The Morgan fingerprint density at radius 1 is 0.548 bits per heavy atom. The van der Waals surface area contributed by atoms with Crippen molar-refractivity contribution in [3.05, 3.63) is 0 Å². The van der Waals surface area contributed by atoms with E-state index in [1.165, 1.54) is 0 Å². The van der Waals surface area contributed by atoms with Gasteiger partial charge in [0, 0.05) is 5.33 Å². The lowest BCUT2D eigenvalue weighted by molar-refractivity contribution is -0.613. The topological polar surface area (TPSA) is 26.3 Å². The number of hydrogen-bond donors (Lipinski definition) is 0. The van der Waals surface area contributed by atoms with E-state index < -0.39 is 75.9 Å². The minimum absolute atomic E-state index is 0.793. The number of carbonyl (C=O) groups excluding carboxylic acids is 1. The molecule has 2 nitrogen and oxygen atoms in total. The first-order valence-electron chi connectivity index (χ1n) is 7.57. The van der Waals surface area contributed by atoms with Crippen molar-refractivity contribution in [3.63, 3.8) is 0 Å². The van der Waals surface area contributed by atoms with Gasteiger partial charge in [-0.05, 0) is 0 Å². The Morgan fingerprint density at radius 3 is 1.06 bits per heavy atom.